The minimum absolute atomic E-state index is 0.367. The topological polar surface area (TPSA) is 95.5 Å². The summed E-state index contributed by atoms with van der Waals surface area (Å²) in [5.74, 6) is 0. The van der Waals surface area contributed by atoms with E-state index in [0.717, 1.165) is 38.5 Å². The van der Waals surface area contributed by atoms with Gasteiger partial charge in [-0.2, -0.15) is 0 Å². The standard InChI is InChI=1S/C12H22N2O5/c15-13(16)11-9-7-5-3-1-2-4-6-8-10-12(11)19-14(17)18/h11-12H,1-10H2. The van der Waals surface area contributed by atoms with Gasteiger partial charge in [-0.15, -0.1) is 10.1 Å². The molecule has 0 amide bonds. The summed E-state index contributed by atoms with van der Waals surface area (Å²) in [5.41, 5.74) is 0. The first-order valence-corrected chi connectivity index (χ1v) is 7.06. The van der Waals surface area contributed by atoms with Gasteiger partial charge in [0.1, 0.15) is 0 Å². The third kappa shape index (κ3) is 6.35. The molecule has 1 rings (SSSR count). The molecule has 0 aromatic rings. The molecule has 0 spiro atoms. The molecular weight excluding hydrogens is 252 g/mol. The first-order valence-electron chi connectivity index (χ1n) is 7.06. The Morgan fingerprint density at radius 1 is 0.789 bits per heavy atom. The molecule has 0 N–H and O–H groups in total. The average molecular weight is 274 g/mol. The fourth-order valence-electron chi connectivity index (χ4n) is 2.61. The highest BCUT2D eigenvalue weighted by molar-refractivity contribution is 4.70. The van der Waals surface area contributed by atoms with Crippen molar-refractivity contribution in [2.45, 2.75) is 76.4 Å². The first-order chi connectivity index (χ1) is 9.11. The Morgan fingerprint density at radius 2 is 1.26 bits per heavy atom. The van der Waals surface area contributed by atoms with Gasteiger partial charge in [-0.3, -0.25) is 10.1 Å². The van der Waals surface area contributed by atoms with Crippen molar-refractivity contribution in [2.24, 2.45) is 0 Å². The van der Waals surface area contributed by atoms with Crippen LogP contribution in [0.2, 0.25) is 0 Å². The average Bonchev–Trinajstić information content (AvgIpc) is 2.31. The number of rotatable bonds is 3. The molecular formula is C12H22N2O5. The molecule has 2 unspecified atom stereocenters. The van der Waals surface area contributed by atoms with E-state index in [2.05, 4.69) is 4.84 Å². The summed E-state index contributed by atoms with van der Waals surface area (Å²) < 4.78 is 0. The molecule has 0 heterocycles. The van der Waals surface area contributed by atoms with E-state index in [-0.39, 0.29) is 0 Å². The quantitative estimate of drug-likeness (QED) is 0.582. The van der Waals surface area contributed by atoms with E-state index in [4.69, 9.17) is 0 Å². The van der Waals surface area contributed by atoms with Crippen molar-refractivity contribution in [1.29, 1.82) is 0 Å². The summed E-state index contributed by atoms with van der Waals surface area (Å²) in [5, 5.41) is 20.6. The van der Waals surface area contributed by atoms with Gasteiger partial charge >= 0.3 is 0 Å². The lowest BCUT2D eigenvalue weighted by molar-refractivity contribution is -0.778. The Balaban J connectivity index is 2.64. The Bertz CT molecular complexity index is 298. The van der Waals surface area contributed by atoms with Crippen molar-refractivity contribution < 1.29 is 14.8 Å². The summed E-state index contributed by atoms with van der Waals surface area (Å²) in [7, 11) is 0. The maximum atomic E-state index is 11.1. The van der Waals surface area contributed by atoms with Crippen LogP contribution in [0.15, 0.2) is 0 Å². The zero-order valence-corrected chi connectivity index (χ0v) is 11.2. The Labute approximate surface area is 112 Å². The van der Waals surface area contributed by atoms with Gasteiger partial charge in [0.05, 0.1) is 0 Å². The van der Waals surface area contributed by atoms with Gasteiger partial charge in [0, 0.05) is 11.3 Å². The van der Waals surface area contributed by atoms with Gasteiger partial charge < -0.3 is 4.84 Å². The highest BCUT2D eigenvalue weighted by Crippen LogP contribution is 2.21. The van der Waals surface area contributed by atoms with Crippen molar-refractivity contribution in [1.82, 2.24) is 0 Å². The largest absolute Gasteiger partial charge is 0.303 e. The molecule has 2 atom stereocenters. The molecule has 1 saturated carbocycles. The molecule has 0 aliphatic heterocycles. The second-order valence-electron chi connectivity index (χ2n) is 5.13. The summed E-state index contributed by atoms with van der Waals surface area (Å²) >= 11 is 0. The summed E-state index contributed by atoms with van der Waals surface area (Å²) in [4.78, 5) is 25.7. The van der Waals surface area contributed by atoms with Gasteiger partial charge in [0.25, 0.3) is 5.09 Å². The highest BCUT2D eigenvalue weighted by Gasteiger charge is 2.33. The van der Waals surface area contributed by atoms with Crippen molar-refractivity contribution in [3.05, 3.63) is 20.2 Å². The Morgan fingerprint density at radius 3 is 1.74 bits per heavy atom. The van der Waals surface area contributed by atoms with Gasteiger partial charge in [-0.25, -0.2) is 0 Å². The molecule has 0 aromatic heterocycles. The Hall–Kier alpha value is -1.40. The van der Waals surface area contributed by atoms with Crippen molar-refractivity contribution in [3.63, 3.8) is 0 Å². The molecule has 19 heavy (non-hydrogen) atoms. The summed E-state index contributed by atoms with van der Waals surface area (Å²) in [6, 6.07) is -0.954. The highest BCUT2D eigenvalue weighted by atomic mass is 17.0. The smallest absolute Gasteiger partial charge is 0.295 e. The second kappa shape index (κ2) is 8.66. The van der Waals surface area contributed by atoms with Gasteiger partial charge in [-0.1, -0.05) is 44.9 Å². The predicted octanol–water partition coefficient (Wildman–Crippen LogP) is 3.12. The van der Waals surface area contributed by atoms with E-state index in [1.807, 2.05) is 0 Å². The maximum absolute atomic E-state index is 11.1. The first kappa shape index (κ1) is 15.7. The molecule has 0 aromatic carbocycles. The van der Waals surface area contributed by atoms with Crippen LogP contribution in [0.5, 0.6) is 0 Å². The van der Waals surface area contributed by atoms with E-state index in [1.54, 1.807) is 0 Å². The molecule has 1 aliphatic carbocycles. The number of nitrogens with zero attached hydrogens (tertiary/aromatic N) is 2. The van der Waals surface area contributed by atoms with E-state index >= 15 is 0 Å². The van der Waals surface area contributed by atoms with Crippen molar-refractivity contribution in [2.75, 3.05) is 0 Å². The van der Waals surface area contributed by atoms with Crippen LogP contribution in [-0.2, 0) is 4.84 Å². The molecule has 7 nitrogen and oxygen atoms in total. The van der Waals surface area contributed by atoms with Crippen molar-refractivity contribution >= 4 is 0 Å². The lowest BCUT2D eigenvalue weighted by Crippen LogP contribution is -2.37. The van der Waals surface area contributed by atoms with Crippen LogP contribution in [-0.4, -0.2) is 22.2 Å². The Kier molecular flexibility index (Phi) is 7.14. The summed E-state index contributed by atoms with van der Waals surface area (Å²) in [6.07, 6.45) is 7.81. The molecule has 7 heteroatoms. The number of hydrogen-bond donors (Lipinski definition) is 0. The fourth-order valence-corrected chi connectivity index (χ4v) is 2.61. The lowest BCUT2D eigenvalue weighted by atomic mass is 9.96. The monoisotopic (exact) mass is 274 g/mol. The minimum Gasteiger partial charge on any atom is -0.303 e. The van der Waals surface area contributed by atoms with Crippen LogP contribution in [0.4, 0.5) is 0 Å². The van der Waals surface area contributed by atoms with Crippen molar-refractivity contribution in [3.8, 4) is 0 Å². The normalized spacial score (nSPS) is 26.7. The van der Waals surface area contributed by atoms with E-state index in [9.17, 15) is 20.2 Å². The number of hydrogen-bond acceptors (Lipinski definition) is 5. The molecule has 0 bridgehead atoms. The second-order valence-corrected chi connectivity index (χ2v) is 5.13. The molecule has 0 saturated heterocycles. The van der Waals surface area contributed by atoms with Crippen LogP contribution in [0, 0.1) is 20.2 Å². The molecule has 1 fully saturated rings. The van der Waals surface area contributed by atoms with Gasteiger partial charge in [0.2, 0.25) is 6.04 Å². The third-order valence-corrected chi connectivity index (χ3v) is 3.66. The molecule has 0 radical (unpaired) electrons. The molecule has 110 valence electrons. The maximum Gasteiger partial charge on any atom is 0.295 e. The van der Waals surface area contributed by atoms with Crippen LogP contribution in [0.25, 0.3) is 0 Å². The van der Waals surface area contributed by atoms with Gasteiger partial charge in [0.15, 0.2) is 6.10 Å². The molecule has 1 aliphatic rings. The van der Waals surface area contributed by atoms with Crippen LogP contribution in [0.1, 0.15) is 64.2 Å². The van der Waals surface area contributed by atoms with E-state index < -0.39 is 22.2 Å². The van der Waals surface area contributed by atoms with E-state index in [0.29, 0.717) is 12.8 Å². The minimum atomic E-state index is -0.954. The van der Waals surface area contributed by atoms with Crippen LogP contribution >= 0.6 is 0 Å². The lowest BCUT2D eigenvalue weighted by Gasteiger charge is -2.19. The van der Waals surface area contributed by atoms with Crippen LogP contribution in [0.3, 0.4) is 0 Å². The summed E-state index contributed by atoms with van der Waals surface area (Å²) in [6.45, 7) is 0. The predicted molar refractivity (Wildman–Crippen MR) is 68.8 cm³/mol. The zero-order valence-electron chi connectivity index (χ0n) is 11.2. The van der Waals surface area contributed by atoms with Gasteiger partial charge in [-0.05, 0) is 12.8 Å². The van der Waals surface area contributed by atoms with Crippen LogP contribution < -0.4 is 0 Å². The SMILES string of the molecule is O=[N+]([O-])OC1CCCCCCCCCCC1[N+](=O)[O-]. The van der Waals surface area contributed by atoms with E-state index in [1.165, 1.54) is 12.8 Å². The zero-order chi connectivity index (χ0) is 14.1. The fraction of sp³-hybridized carbons (Fsp3) is 1.00. The number of nitro groups is 1. The third-order valence-electron chi connectivity index (χ3n) is 3.66.